The van der Waals surface area contributed by atoms with E-state index in [-0.39, 0.29) is 5.57 Å². The quantitative estimate of drug-likeness (QED) is 0.214. The maximum atomic E-state index is 13.1. The van der Waals surface area contributed by atoms with Gasteiger partial charge < -0.3 is 14.8 Å². The van der Waals surface area contributed by atoms with E-state index in [9.17, 15) is 14.4 Å². The van der Waals surface area contributed by atoms with Gasteiger partial charge in [0.05, 0.1) is 10.7 Å². The van der Waals surface area contributed by atoms with Crippen LogP contribution < -0.4 is 14.8 Å². The number of carbonyl (C=O) groups excluding carboxylic acids is 1. The molecule has 1 amide bonds. The highest BCUT2D eigenvalue weighted by Crippen LogP contribution is 2.35. The Labute approximate surface area is 206 Å². The summed E-state index contributed by atoms with van der Waals surface area (Å²) in [7, 11) is 1.54. The highest BCUT2D eigenvalue weighted by atomic mass is 127. The SMILES string of the molecule is COc1cc(/C=C(\C#N)C(=O)Nc2ccc(F)cc2)cc(I)c1OCc1ccc(C)c(C)c1. The third kappa shape index (κ3) is 6.33. The number of amides is 1. The zero-order valence-electron chi connectivity index (χ0n) is 18.4. The molecule has 0 aliphatic heterocycles. The molecule has 0 fully saturated rings. The Hall–Kier alpha value is -3.38. The number of carbonyl (C=O) groups is 1. The predicted octanol–water partition coefficient (Wildman–Crippen LogP) is 6.18. The second kappa shape index (κ2) is 11.0. The van der Waals surface area contributed by atoms with Crippen molar-refractivity contribution in [3.8, 4) is 17.6 Å². The first kappa shape index (κ1) is 24.3. The first-order valence-electron chi connectivity index (χ1n) is 10.1. The van der Waals surface area contributed by atoms with Crippen molar-refractivity contribution in [3.05, 3.63) is 91.8 Å². The van der Waals surface area contributed by atoms with E-state index in [0.29, 0.717) is 29.4 Å². The molecule has 0 heterocycles. The number of benzene rings is 3. The summed E-state index contributed by atoms with van der Waals surface area (Å²) >= 11 is 2.13. The number of anilines is 1. The fraction of sp³-hybridized carbons (Fsp3) is 0.154. The van der Waals surface area contributed by atoms with Crippen molar-refractivity contribution in [1.29, 1.82) is 5.26 Å². The lowest BCUT2D eigenvalue weighted by molar-refractivity contribution is -0.112. The van der Waals surface area contributed by atoms with E-state index in [4.69, 9.17) is 9.47 Å². The smallest absolute Gasteiger partial charge is 0.266 e. The standard InChI is InChI=1S/C26H22FIN2O3/c1-16-4-5-18(10-17(16)2)15-33-25-23(28)12-19(13-24(25)32-3)11-20(14-29)26(31)30-22-8-6-21(27)7-9-22/h4-13H,15H2,1-3H3,(H,30,31)/b20-11+. The number of rotatable bonds is 7. The summed E-state index contributed by atoms with van der Waals surface area (Å²) in [6.07, 6.45) is 1.47. The van der Waals surface area contributed by atoms with Crippen LogP contribution in [0.2, 0.25) is 0 Å². The first-order chi connectivity index (χ1) is 15.8. The molecule has 5 nitrogen and oxygen atoms in total. The fourth-order valence-corrected chi connectivity index (χ4v) is 3.84. The fourth-order valence-electron chi connectivity index (χ4n) is 3.06. The zero-order valence-corrected chi connectivity index (χ0v) is 20.6. The molecule has 0 saturated carbocycles. The molecule has 7 heteroatoms. The lowest BCUT2D eigenvalue weighted by Gasteiger charge is -2.14. The van der Waals surface area contributed by atoms with Gasteiger partial charge in [0.1, 0.15) is 24.1 Å². The molecule has 3 rings (SSSR count). The summed E-state index contributed by atoms with van der Waals surface area (Å²) in [6.45, 7) is 4.50. The Balaban J connectivity index is 1.81. The number of hydrogen-bond acceptors (Lipinski definition) is 4. The van der Waals surface area contributed by atoms with Gasteiger partial charge in [0.15, 0.2) is 11.5 Å². The van der Waals surface area contributed by atoms with Crippen molar-refractivity contribution >= 4 is 40.3 Å². The summed E-state index contributed by atoms with van der Waals surface area (Å²) < 4.78 is 25.4. The molecular formula is C26H22FIN2O3. The van der Waals surface area contributed by atoms with E-state index in [0.717, 1.165) is 9.13 Å². The number of methoxy groups -OCH3 is 1. The van der Waals surface area contributed by atoms with Crippen LogP contribution in [0.5, 0.6) is 11.5 Å². The Morgan fingerprint density at radius 2 is 1.85 bits per heavy atom. The number of hydrogen-bond donors (Lipinski definition) is 1. The Bertz CT molecular complexity index is 1250. The van der Waals surface area contributed by atoms with Crippen LogP contribution in [0.4, 0.5) is 10.1 Å². The highest BCUT2D eigenvalue weighted by Gasteiger charge is 2.14. The van der Waals surface area contributed by atoms with Gasteiger partial charge in [-0.25, -0.2) is 4.39 Å². The monoisotopic (exact) mass is 556 g/mol. The number of nitrogens with zero attached hydrogens (tertiary/aromatic N) is 1. The molecule has 3 aromatic carbocycles. The summed E-state index contributed by atoms with van der Waals surface area (Å²) in [4.78, 5) is 12.5. The molecule has 0 aliphatic rings. The third-order valence-electron chi connectivity index (χ3n) is 4.98. The summed E-state index contributed by atoms with van der Waals surface area (Å²) in [6, 6.07) is 16.9. The minimum atomic E-state index is -0.590. The topological polar surface area (TPSA) is 71.3 Å². The minimum Gasteiger partial charge on any atom is -0.493 e. The van der Waals surface area contributed by atoms with E-state index in [1.165, 1.54) is 48.6 Å². The molecule has 0 aliphatic carbocycles. The average Bonchev–Trinajstić information content (AvgIpc) is 2.80. The highest BCUT2D eigenvalue weighted by molar-refractivity contribution is 14.1. The van der Waals surface area contributed by atoms with Gasteiger partial charge in [-0.15, -0.1) is 0 Å². The number of aryl methyl sites for hydroxylation is 2. The van der Waals surface area contributed by atoms with Gasteiger partial charge in [0.2, 0.25) is 0 Å². The largest absolute Gasteiger partial charge is 0.493 e. The van der Waals surface area contributed by atoms with Gasteiger partial charge in [-0.1, -0.05) is 18.2 Å². The maximum Gasteiger partial charge on any atom is 0.266 e. The molecule has 0 atom stereocenters. The first-order valence-corrected chi connectivity index (χ1v) is 11.1. The second-order valence-corrected chi connectivity index (χ2v) is 8.53. The molecule has 0 bridgehead atoms. The molecule has 0 radical (unpaired) electrons. The number of halogens is 2. The van der Waals surface area contributed by atoms with Crippen LogP contribution in [0, 0.1) is 34.6 Å². The second-order valence-electron chi connectivity index (χ2n) is 7.37. The van der Waals surface area contributed by atoms with E-state index < -0.39 is 11.7 Å². The van der Waals surface area contributed by atoms with Crippen LogP contribution >= 0.6 is 22.6 Å². The van der Waals surface area contributed by atoms with E-state index in [2.05, 4.69) is 53.9 Å². The van der Waals surface area contributed by atoms with Crippen LogP contribution in [0.3, 0.4) is 0 Å². The summed E-state index contributed by atoms with van der Waals surface area (Å²) in [5.41, 5.74) is 4.37. The van der Waals surface area contributed by atoms with Gasteiger partial charge in [-0.3, -0.25) is 4.79 Å². The Morgan fingerprint density at radius 1 is 1.12 bits per heavy atom. The van der Waals surface area contributed by atoms with Gasteiger partial charge in [0, 0.05) is 5.69 Å². The van der Waals surface area contributed by atoms with Crippen LogP contribution in [-0.4, -0.2) is 13.0 Å². The van der Waals surface area contributed by atoms with Crippen LogP contribution in [0.25, 0.3) is 6.08 Å². The molecule has 0 spiro atoms. The lowest BCUT2D eigenvalue weighted by Crippen LogP contribution is -2.13. The Morgan fingerprint density at radius 3 is 2.48 bits per heavy atom. The lowest BCUT2D eigenvalue weighted by atomic mass is 10.1. The normalized spacial score (nSPS) is 11.0. The molecule has 0 saturated heterocycles. The molecule has 1 N–H and O–H groups in total. The van der Waals surface area contributed by atoms with Crippen molar-refractivity contribution in [2.24, 2.45) is 0 Å². The van der Waals surface area contributed by atoms with Crippen molar-refractivity contribution in [1.82, 2.24) is 0 Å². The van der Waals surface area contributed by atoms with Crippen molar-refractivity contribution in [2.75, 3.05) is 12.4 Å². The van der Waals surface area contributed by atoms with Crippen molar-refractivity contribution in [3.63, 3.8) is 0 Å². The number of nitriles is 1. The Kier molecular flexibility index (Phi) is 8.06. The van der Waals surface area contributed by atoms with E-state index in [1.807, 2.05) is 12.1 Å². The minimum absolute atomic E-state index is 0.0963. The number of nitrogens with one attached hydrogen (secondary N) is 1. The van der Waals surface area contributed by atoms with Gasteiger partial charge in [0.25, 0.3) is 5.91 Å². The van der Waals surface area contributed by atoms with E-state index in [1.54, 1.807) is 12.1 Å². The van der Waals surface area contributed by atoms with Gasteiger partial charge in [-0.2, -0.15) is 5.26 Å². The van der Waals surface area contributed by atoms with E-state index >= 15 is 0 Å². The van der Waals surface area contributed by atoms with Crippen LogP contribution in [0.1, 0.15) is 22.3 Å². The van der Waals surface area contributed by atoms with Gasteiger partial charge in [-0.05, 0) is 101 Å². The third-order valence-corrected chi connectivity index (χ3v) is 5.79. The molecule has 33 heavy (non-hydrogen) atoms. The van der Waals surface area contributed by atoms with Crippen LogP contribution in [0.15, 0.2) is 60.2 Å². The molecule has 0 aromatic heterocycles. The van der Waals surface area contributed by atoms with Gasteiger partial charge >= 0.3 is 0 Å². The van der Waals surface area contributed by atoms with Crippen molar-refractivity contribution in [2.45, 2.75) is 20.5 Å². The number of ether oxygens (including phenoxy) is 2. The molecule has 0 unspecified atom stereocenters. The maximum absolute atomic E-state index is 13.1. The zero-order chi connectivity index (χ0) is 24.0. The molecular weight excluding hydrogens is 534 g/mol. The summed E-state index contributed by atoms with van der Waals surface area (Å²) in [5.74, 6) is 0.0784. The van der Waals surface area contributed by atoms with Crippen LogP contribution in [-0.2, 0) is 11.4 Å². The predicted molar refractivity (Wildman–Crippen MR) is 135 cm³/mol. The summed E-state index contributed by atoms with van der Waals surface area (Å²) in [5, 5.41) is 12.1. The molecule has 3 aromatic rings. The van der Waals surface area contributed by atoms with Crippen molar-refractivity contribution < 1.29 is 18.7 Å². The molecule has 168 valence electrons. The average molecular weight is 556 g/mol.